The molecule has 0 saturated heterocycles. The molecule has 8 aliphatic heterocycles. The van der Waals surface area contributed by atoms with E-state index in [0.717, 1.165) is 12.1 Å². The van der Waals surface area contributed by atoms with Gasteiger partial charge in [0.25, 0.3) is 0 Å². The topological polar surface area (TPSA) is 347 Å². The van der Waals surface area contributed by atoms with Crippen LogP contribution in [0.2, 0.25) is 0 Å². The van der Waals surface area contributed by atoms with Crippen molar-refractivity contribution >= 4 is 95.5 Å². The van der Waals surface area contributed by atoms with Gasteiger partial charge in [0, 0.05) is 0 Å². The third-order valence-electron chi connectivity index (χ3n) is 17.3. The Labute approximate surface area is 685 Å². The lowest BCUT2D eigenvalue weighted by Crippen LogP contribution is -2.55. The second-order valence-electron chi connectivity index (χ2n) is 22.9. The molecule has 36 heteroatoms. The van der Waals surface area contributed by atoms with Crippen molar-refractivity contribution < 1.29 is 167 Å². The Morgan fingerprint density at radius 2 is 0.377 bits per heavy atom. The van der Waals surface area contributed by atoms with Crippen LogP contribution >= 0.6 is 0 Å². The van der Waals surface area contributed by atoms with E-state index in [9.17, 15) is 129 Å². The second-order valence-corrected chi connectivity index (χ2v) is 22.9. The first-order valence-corrected chi connectivity index (χ1v) is 37.2. The van der Waals surface area contributed by atoms with Gasteiger partial charge in [-0.1, -0.05) is 171 Å². The largest absolute Gasteiger partial charge is 0.411 e. The summed E-state index contributed by atoms with van der Waals surface area (Å²) >= 11 is 0. The van der Waals surface area contributed by atoms with E-state index in [2.05, 4.69) is 37.9 Å². The predicted molar refractivity (Wildman–Crippen MR) is 404 cm³/mol. The van der Waals surface area contributed by atoms with Gasteiger partial charge in [-0.25, -0.2) is 76.7 Å². The summed E-state index contributed by atoms with van der Waals surface area (Å²) in [5, 5.41) is 0. The molecule has 0 fully saturated rings. The van der Waals surface area contributed by atoms with Crippen molar-refractivity contribution in [3.63, 3.8) is 0 Å². The van der Waals surface area contributed by atoms with E-state index < -0.39 is 198 Å². The average Bonchev–Trinajstić information content (AvgIpc) is 1.17. The van der Waals surface area contributed by atoms with Crippen LogP contribution < -0.4 is 0 Å². The Bertz CT molecular complexity index is 5370. The Kier molecular flexibility index (Phi) is 32.1. The van der Waals surface area contributed by atoms with Gasteiger partial charge in [-0.15, -0.1) is 0 Å². The summed E-state index contributed by atoms with van der Waals surface area (Å²) in [6.07, 6.45) is -24.3. The molecular formula is C86H72F12O24. The van der Waals surface area contributed by atoms with Gasteiger partial charge in [-0.3, -0.25) is 0 Å². The highest BCUT2D eigenvalue weighted by Gasteiger charge is 2.75. The van der Waals surface area contributed by atoms with Crippen molar-refractivity contribution in [1.82, 2.24) is 0 Å². The molecule has 644 valence electrons. The van der Waals surface area contributed by atoms with Crippen LogP contribution in [0, 0.1) is 0 Å². The molecule has 0 spiro atoms. The molecule has 122 heavy (non-hydrogen) atoms. The van der Waals surface area contributed by atoms with Crippen molar-refractivity contribution in [3.8, 4) is 22.3 Å². The van der Waals surface area contributed by atoms with Gasteiger partial charge >= 0.3 is 120 Å². The average molecular weight is 1720 g/mol. The van der Waals surface area contributed by atoms with Crippen LogP contribution in [-0.4, -0.2) is 120 Å². The lowest BCUT2D eigenvalue weighted by Gasteiger charge is -2.39. The number of esters is 16. The Morgan fingerprint density at radius 1 is 0.180 bits per heavy atom. The Morgan fingerprint density at radius 3 is 0.664 bits per heavy atom. The van der Waals surface area contributed by atoms with Crippen molar-refractivity contribution in [2.75, 3.05) is 0 Å². The van der Waals surface area contributed by atoms with Crippen molar-refractivity contribution in [2.24, 2.45) is 0 Å². The molecule has 16 rings (SSSR count). The molecule has 8 heterocycles. The van der Waals surface area contributed by atoms with Gasteiger partial charge in [0.2, 0.25) is 10.8 Å². The third kappa shape index (κ3) is 17.8. The summed E-state index contributed by atoms with van der Waals surface area (Å²) in [6, 6.07) is 24.4. The summed E-state index contributed by atoms with van der Waals surface area (Å²) in [4.78, 5) is 186. The van der Waals surface area contributed by atoms with E-state index in [4.69, 9.17) is 0 Å². The van der Waals surface area contributed by atoms with Gasteiger partial charge in [0.1, 0.15) is 0 Å². The number of carbonyl (C=O) groups is 16. The minimum atomic E-state index is -6.10. The van der Waals surface area contributed by atoms with E-state index >= 15 is 0 Å². The summed E-state index contributed by atoms with van der Waals surface area (Å²) in [7, 11) is 0. The van der Waals surface area contributed by atoms with Gasteiger partial charge in [-0.2, -0.15) is 52.7 Å². The maximum atomic E-state index is 14.3. The zero-order valence-corrected chi connectivity index (χ0v) is 67.2. The highest BCUT2D eigenvalue weighted by atomic mass is 19.4. The molecular weight excluding hydrogens is 1640 g/mol. The SMILES string of the molecule is CC.CC.CC.CC.CC.CC.CC.CC.O=C1OC(=O)c2cc(-c3ccc4c(c3)C(=O)OC4=O)ccc21.O=C1OC(=O)c2cc(-c3cccc4c3C(=O)OC4=O)ccc21.O=C1OC(=O)c2cc(C(c3ccc4c(c3)C(=O)OC4=O)(C(F)(F)F)C(F)(F)F)ccc21.O=C1OC(=O)c2cc(C(c3cccc4c3C(=O)OC4=O)(C(F)(F)F)C(F)(F)F)ccc21. The molecule has 24 nitrogen and oxygen atoms in total. The number of alkyl halides is 12. The minimum absolute atomic E-state index is 0.137. The lowest BCUT2D eigenvalue weighted by atomic mass is 9.70. The fourth-order valence-electron chi connectivity index (χ4n) is 12.5. The third-order valence-corrected chi connectivity index (χ3v) is 17.3. The molecule has 0 N–H and O–H groups in total. The second kappa shape index (κ2) is 39.7. The molecule has 8 aromatic carbocycles. The number of fused-ring (bicyclic) bond motifs is 8. The van der Waals surface area contributed by atoms with Crippen LogP contribution in [0.15, 0.2) is 146 Å². The van der Waals surface area contributed by atoms with E-state index in [1.807, 2.05) is 111 Å². The van der Waals surface area contributed by atoms with E-state index in [1.165, 1.54) is 42.5 Å². The summed E-state index contributed by atoms with van der Waals surface area (Å²) in [5.41, 5.74) is -17.6. The van der Waals surface area contributed by atoms with Crippen LogP contribution in [0.5, 0.6) is 0 Å². The number of rotatable bonds is 6. The van der Waals surface area contributed by atoms with Gasteiger partial charge in [0.05, 0.1) is 89.0 Å². The van der Waals surface area contributed by atoms with E-state index in [1.54, 1.807) is 30.3 Å². The highest BCUT2D eigenvalue weighted by molar-refractivity contribution is 6.21. The fraction of sp³-hybridized carbons (Fsp3) is 0.256. The smallest absolute Gasteiger partial charge is 0.386 e. The number of ether oxygens (including phenoxy) is 8. The molecule has 0 aliphatic carbocycles. The van der Waals surface area contributed by atoms with Crippen molar-refractivity contribution in [1.29, 1.82) is 0 Å². The first-order chi connectivity index (χ1) is 57.7. The van der Waals surface area contributed by atoms with Gasteiger partial charge in [-0.05, 0) is 129 Å². The van der Waals surface area contributed by atoms with E-state index in [-0.39, 0.29) is 62.7 Å². The number of cyclic esters (lactones) is 16. The van der Waals surface area contributed by atoms with Gasteiger partial charge in [0.15, 0.2) is 0 Å². The highest BCUT2D eigenvalue weighted by Crippen LogP contribution is 2.59. The maximum absolute atomic E-state index is 14.3. The fourth-order valence-corrected chi connectivity index (χ4v) is 12.5. The monoisotopic (exact) mass is 1720 g/mol. The summed E-state index contributed by atoms with van der Waals surface area (Å²) in [5.74, 6) is -16.5. The molecule has 0 radical (unpaired) electrons. The van der Waals surface area contributed by atoms with Crippen LogP contribution in [0.25, 0.3) is 22.3 Å². The molecule has 8 aliphatic rings. The first-order valence-electron chi connectivity index (χ1n) is 37.2. The number of benzene rings is 8. The number of halogens is 12. The first kappa shape index (κ1) is 98.6. The summed E-state index contributed by atoms with van der Waals surface area (Å²) < 4.78 is 206. The number of hydrogen-bond donors (Lipinski definition) is 0. The van der Waals surface area contributed by atoms with Crippen LogP contribution in [0.3, 0.4) is 0 Å². The molecule has 0 saturated carbocycles. The maximum Gasteiger partial charge on any atom is 0.411 e. The number of carbonyl (C=O) groups excluding carboxylic acids is 16. The minimum Gasteiger partial charge on any atom is -0.386 e. The Balaban J connectivity index is 0.000000276. The Hall–Kier alpha value is -14.0. The van der Waals surface area contributed by atoms with Crippen molar-refractivity contribution in [2.45, 2.75) is 146 Å². The summed E-state index contributed by atoms with van der Waals surface area (Å²) in [6.45, 7) is 32.0. The molecule has 0 amide bonds. The van der Waals surface area contributed by atoms with Crippen LogP contribution in [0.4, 0.5) is 52.7 Å². The normalized spacial score (nSPS) is 14.2. The lowest BCUT2D eigenvalue weighted by molar-refractivity contribution is -0.290. The molecule has 8 aromatic rings. The number of hydrogen-bond acceptors (Lipinski definition) is 24. The van der Waals surface area contributed by atoms with Crippen LogP contribution in [-0.2, 0) is 48.7 Å². The van der Waals surface area contributed by atoms with E-state index in [0.29, 0.717) is 64.7 Å². The zero-order valence-electron chi connectivity index (χ0n) is 67.2. The molecule has 0 unspecified atom stereocenters. The predicted octanol–water partition coefficient (Wildman–Crippen LogP) is 19.6. The van der Waals surface area contributed by atoms with Crippen LogP contribution in [0.1, 0.15) is 299 Å². The molecule has 0 aromatic heterocycles. The molecule has 0 bridgehead atoms. The zero-order chi connectivity index (χ0) is 92.7. The van der Waals surface area contributed by atoms with Crippen molar-refractivity contribution in [3.05, 3.63) is 257 Å². The standard InChI is InChI=1S/2C19H6F6O6.2C16H6O6.8C2H6/c20-18(21,22)17(19(23,24)25,7-1-3-9-11(5-7)15(28)30-13(9)26)8-2-4-10-12(6-8)16(29)31-14(10)27;20-18(21,22)17(19(23,24)25,7-4-5-8-10(6-7)15(28)30-13(8)26)11-3-1-2-9-12(11)16(29)31-14(9)27;17-13-9-3-1-7(5-11(9)15(19)21-13)8-2-4-10-12(6-8)16(20)22-14(10)18;17-13-9-5-4-7(6-11(9)15(19)21-13)8-2-1-3-10-12(8)16(20)22-14(10)18;8*1-2/h2*1-6H;2*1-6H;8*1-2H3. The molecule has 0 atom stereocenters. The quantitative estimate of drug-likeness (QED) is 0.0646. The van der Waals surface area contributed by atoms with Gasteiger partial charge < -0.3 is 37.9 Å².